The first-order valence-corrected chi connectivity index (χ1v) is 25.0. The summed E-state index contributed by atoms with van der Waals surface area (Å²) in [7, 11) is 0. The number of unbranched alkanes of at least 4 members (excludes halogenated alkanes) is 17. The molecule has 3 N–H and O–H groups in total. The zero-order valence-corrected chi connectivity index (χ0v) is 44.5. The van der Waals surface area contributed by atoms with Gasteiger partial charge in [0.1, 0.15) is 0 Å². The number of hydrogen-bond acceptors (Lipinski definition) is 10. The number of esters is 2. The smallest absolute Gasteiger partial charge is 0.305 e. The van der Waals surface area contributed by atoms with Gasteiger partial charge in [0.25, 0.3) is 0 Å². The minimum Gasteiger partial charge on any atom is -0.465 e. The van der Waals surface area contributed by atoms with Gasteiger partial charge in [-0.2, -0.15) is 0 Å². The van der Waals surface area contributed by atoms with Crippen LogP contribution in [-0.2, 0) is 70.9 Å². The largest absolute Gasteiger partial charge is 0.465 e. The number of carbonyl (C=O) groups is 2. The molecule has 11 nitrogen and oxygen atoms in total. The minimum atomic E-state index is -0.429. The molecular weight excluding hydrogens is 859 g/mol. The van der Waals surface area contributed by atoms with Crippen molar-refractivity contribution >= 4 is 11.9 Å². The topological polar surface area (TPSA) is 142 Å². The van der Waals surface area contributed by atoms with E-state index in [4.69, 9.17) is 28.6 Å². The summed E-state index contributed by atoms with van der Waals surface area (Å²) in [6.07, 6.45) is 35.9. The Kier molecular flexibility index (Phi) is 63.7. The fraction of sp³-hybridized carbons (Fsp3) is 0.880. The van der Waals surface area contributed by atoms with Crippen molar-refractivity contribution in [1.29, 1.82) is 0 Å². The number of ether oxygens (including phenoxy) is 4. The molecule has 0 saturated carbocycles. The van der Waals surface area contributed by atoms with Gasteiger partial charge in [0.05, 0.1) is 19.6 Å². The van der Waals surface area contributed by atoms with E-state index in [1.807, 2.05) is 13.8 Å². The van der Waals surface area contributed by atoms with Crippen LogP contribution in [0.5, 0.6) is 0 Å². The van der Waals surface area contributed by atoms with Gasteiger partial charge in [-0.05, 0) is 70.9 Å². The molecule has 0 aromatic rings. The zero-order valence-electron chi connectivity index (χ0n) is 41.7. The molecule has 2 atom stereocenters. The van der Waals surface area contributed by atoms with Crippen molar-refractivity contribution in [2.75, 3.05) is 59.3 Å². The van der Waals surface area contributed by atoms with Gasteiger partial charge >= 0.3 is 11.9 Å². The Balaban J connectivity index is -0.00000414. The van der Waals surface area contributed by atoms with Gasteiger partial charge in [0.2, 0.25) is 0 Å². The number of rotatable bonds is 46. The molecule has 0 spiro atoms. The van der Waals surface area contributed by atoms with Crippen LogP contribution in [0.1, 0.15) is 215 Å². The number of hydrogen-bond donors (Lipinski definition) is 1. The second-order valence-electron chi connectivity index (χ2n) is 15.7. The van der Waals surface area contributed by atoms with E-state index in [1.54, 1.807) is 0 Å². The SMILES string of the molecule is CC.CCCCC/C=C\C/C=C\CCCCCCCC(=O)OCC(CO[N-]OCCCN(CC)CC)COC(=O)CCC(OCCCCCCC)OCCCCCCCC.N.[Y]. The molecule has 0 heterocycles. The van der Waals surface area contributed by atoms with Crippen LogP contribution in [0, 0.1) is 5.92 Å². The van der Waals surface area contributed by atoms with Gasteiger partial charge in [0.15, 0.2) is 6.29 Å². The number of allylic oxidation sites excluding steroid dienone is 4. The quantitative estimate of drug-likeness (QED) is 0.0206. The Bertz CT molecular complexity index is 942. The third-order valence-electron chi connectivity index (χ3n) is 10.2. The molecule has 0 fully saturated rings. The van der Waals surface area contributed by atoms with Gasteiger partial charge in [-0.15, -0.1) is 0 Å². The molecule has 1 radical (unpaired) electrons. The molecule has 0 aromatic heterocycles. The van der Waals surface area contributed by atoms with Crippen molar-refractivity contribution < 1.29 is 70.9 Å². The van der Waals surface area contributed by atoms with Crippen molar-refractivity contribution in [3.05, 3.63) is 29.9 Å². The molecule has 0 aromatic carbocycles. The molecule has 367 valence electrons. The van der Waals surface area contributed by atoms with Crippen molar-refractivity contribution in [3.8, 4) is 0 Å². The van der Waals surface area contributed by atoms with Crippen LogP contribution >= 0.6 is 0 Å². The van der Waals surface area contributed by atoms with Crippen LogP contribution in [0.15, 0.2) is 24.3 Å². The maximum absolute atomic E-state index is 12.9. The van der Waals surface area contributed by atoms with E-state index < -0.39 is 6.29 Å². The van der Waals surface area contributed by atoms with E-state index in [0.717, 1.165) is 90.3 Å². The van der Waals surface area contributed by atoms with E-state index in [-0.39, 0.29) is 83.0 Å². The summed E-state index contributed by atoms with van der Waals surface area (Å²) in [6.45, 7) is 19.8. The summed E-state index contributed by atoms with van der Waals surface area (Å²) in [5.74, 6) is -0.964. The third-order valence-corrected chi connectivity index (χ3v) is 10.2. The second-order valence-corrected chi connectivity index (χ2v) is 15.7. The maximum Gasteiger partial charge on any atom is 0.305 e. The second kappa shape index (κ2) is 58.3. The Morgan fingerprint density at radius 3 is 1.55 bits per heavy atom. The summed E-state index contributed by atoms with van der Waals surface area (Å²) in [6, 6.07) is 0. The molecule has 0 rings (SSSR count). The van der Waals surface area contributed by atoms with Crippen LogP contribution in [-0.4, -0.2) is 82.4 Å². The molecule has 12 heteroatoms. The van der Waals surface area contributed by atoms with Crippen molar-refractivity contribution in [2.45, 2.75) is 222 Å². The van der Waals surface area contributed by atoms with E-state index in [2.05, 4.69) is 69.5 Å². The van der Waals surface area contributed by atoms with Gasteiger partial charge in [-0.3, -0.25) is 9.59 Å². The van der Waals surface area contributed by atoms with Crippen molar-refractivity contribution in [3.63, 3.8) is 0 Å². The average Bonchev–Trinajstić information content (AvgIpc) is 3.26. The fourth-order valence-electron chi connectivity index (χ4n) is 6.36. The van der Waals surface area contributed by atoms with Gasteiger partial charge in [-0.1, -0.05) is 163 Å². The van der Waals surface area contributed by atoms with Crippen LogP contribution in [0.4, 0.5) is 0 Å². The Labute approximate surface area is 408 Å². The summed E-state index contributed by atoms with van der Waals surface area (Å²) < 4.78 is 23.4. The molecular formula is C50H100N3O8Y-. The van der Waals surface area contributed by atoms with E-state index in [0.29, 0.717) is 32.7 Å². The van der Waals surface area contributed by atoms with Crippen LogP contribution in [0.25, 0.3) is 5.64 Å². The minimum absolute atomic E-state index is 0. The fourth-order valence-corrected chi connectivity index (χ4v) is 6.36. The van der Waals surface area contributed by atoms with Crippen LogP contribution in [0.3, 0.4) is 0 Å². The monoisotopic (exact) mass is 960 g/mol. The third kappa shape index (κ3) is 51.9. The summed E-state index contributed by atoms with van der Waals surface area (Å²) >= 11 is 0. The molecule has 0 aliphatic heterocycles. The van der Waals surface area contributed by atoms with E-state index >= 15 is 0 Å². The zero-order chi connectivity index (χ0) is 44.4. The standard InChI is InChI=1S/C48H91N2O8.C2H6.H3N.Y/c1-6-11-14-17-19-20-21-22-23-24-25-26-27-28-31-35-46(51)55-42-45(44-58-49-57-41-34-38-50(9-4)10-5)43-56-47(52)36-37-48(53-39-32-29-16-13-8-3)54-40-33-30-18-15-12-7-2;1-2;;/h19-20,22-23,45,48H,6-18,21,24-44H2,1-5H3;1-2H3;1H3;/q-1;;;/b20-19-,23-22-;;;. The number of nitrogens with zero attached hydrogens (tertiary/aromatic N) is 2. The first kappa shape index (κ1) is 67.8. The van der Waals surface area contributed by atoms with Crippen LogP contribution in [0.2, 0.25) is 0 Å². The summed E-state index contributed by atoms with van der Waals surface area (Å²) in [5, 5.41) is 0. The molecule has 0 saturated heterocycles. The van der Waals surface area contributed by atoms with Gasteiger partial charge in [0, 0.05) is 84.4 Å². The first-order valence-electron chi connectivity index (χ1n) is 25.0. The van der Waals surface area contributed by atoms with Gasteiger partial charge in [-0.25, -0.2) is 0 Å². The summed E-state index contributed by atoms with van der Waals surface area (Å²) in [5.41, 5.74) is 3.76. The maximum atomic E-state index is 12.9. The van der Waals surface area contributed by atoms with E-state index in [1.165, 1.54) is 77.0 Å². The van der Waals surface area contributed by atoms with Crippen molar-refractivity contribution in [2.24, 2.45) is 5.92 Å². The Hall–Kier alpha value is -0.756. The Morgan fingerprint density at radius 2 is 1.00 bits per heavy atom. The van der Waals surface area contributed by atoms with E-state index in [9.17, 15) is 9.59 Å². The number of carbonyl (C=O) groups excluding carboxylic acids is 2. The molecule has 0 aliphatic carbocycles. The normalized spacial score (nSPS) is 12.2. The first-order chi connectivity index (χ1) is 29.5. The van der Waals surface area contributed by atoms with Crippen molar-refractivity contribution in [1.82, 2.24) is 11.1 Å². The van der Waals surface area contributed by atoms with Crippen LogP contribution < -0.4 is 6.15 Å². The molecule has 62 heavy (non-hydrogen) atoms. The average molecular weight is 960 g/mol. The van der Waals surface area contributed by atoms with Gasteiger partial charge < -0.3 is 45.3 Å². The molecule has 0 bridgehead atoms. The summed E-state index contributed by atoms with van der Waals surface area (Å²) in [4.78, 5) is 38.6. The molecule has 0 amide bonds. The predicted molar refractivity (Wildman–Crippen MR) is 256 cm³/mol. The molecule has 2 unspecified atom stereocenters. The Morgan fingerprint density at radius 1 is 0.532 bits per heavy atom. The molecule has 0 aliphatic rings. The predicted octanol–water partition coefficient (Wildman–Crippen LogP) is 14.1.